The topological polar surface area (TPSA) is 92.3 Å². The Morgan fingerprint density at radius 3 is 2.65 bits per heavy atom. The zero-order valence-corrected chi connectivity index (χ0v) is 15.4. The second-order valence-corrected chi connectivity index (χ2v) is 8.63. The van der Waals surface area contributed by atoms with Crippen molar-refractivity contribution < 1.29 is 17.6 Å². The van der Waals surface area contributed by atoms with Crippen molar-refractivity contribution in [3.05, 3.63) is 46.7 Å². The molecule has 2 heterocycles. The molecular formula is C16H16ClFN4O3S. The highest BCUT2D eigenvalue weighted by Crippen LogP contribution is 2.22. The minimum absolute atomic E-state index is 0.00532. The zero-order valence-electron chi connectivity index (χ0n) is 13.8. The number of aromatic nitrogens is 2. The standard InChI is InChI=1S/C16H16ClFN4O3S/c1-22(10-7-8-26(24,25)9-10)14-6-5-13(20-21-14)19-16(23)15-11(17)3-2-4-12(15)18/h2-6,10H,7-9H2,1H3,(H,19,20,23). The van der Waals surface area contributed by atoms with Crippen molar-refractivity contribution in [1.82, 2.24) is 10.2 Å². The summed E-state index contributed by atoms with van der Waals surface area (Å²) in [5.74, 6) is -0.616. The molecular weight excluding hydrogens is 383 g/mol. The predicted octanol–water partition coefficient (Wildman–Crippen LogP) is 2.14. The van der Waals surface area contributed by atoms with E-state index in [-0.39, 0.29) is 34.0 Å². The van der Waals surface area contributed by atoms with E-state index in [0.717, 1.165) is 6.07 Å². The van der Waals surface area contributed by atoms with E-state index in [2.05, 4.69) is 15.5 Å². The number of carbonyl (C=O) groups is 1. The normalized spacial score (nSPS) is 18.5. The number of hydrogen-bond donors (Lipinski definition) is 1. The molecule has 0 bridgehead atoms. The lowest BCUT2D eigenvalue weighted by molar-refractivity contribution is 0.102. The summed E-state index contributed by atoms with van der Waals surface area (Å²) >= 11 is 5.86. The van der Waals surface area contributed by atoms with Crippen LogP contribution in [-0.2, 0) is 9.84 Å². The molecule has 1 atom stereocenters. The molecule has 1 saturated heterocycles. The van der Waals surface area contributed by atoms with Gasteiger partial charge in [-0.3, -0.25) is 4.79 Å². The van der Waals surface area contributed by atoms with Gasteiger partial charge in [0.15, 0.2) is 21.5 Å². The molecule has 10 heteroatoms. The van der Waals surface area contributed by atoms with E-state index in [0.29, 0.717) is 12.2 Å². The number of nitrogens with zero attached hydrogens (tertiary/aromatic N) is 3. The van der Waals surface area contributed by atoms with Gasteiger partial charge in [-0.25, -0.2) is 12.8 Å². The first-order valence-electron chi connectivity index (χ1n) is 7.79. The van der Waals surface area contributed by atoms with Crippen LogP contribution in [0.2, 0.25) is 5.02 Å². The molecule has 1 amide bonds. The molecule has 0 spiro atoms. The van der Waals surface area contributed by atoms with Crippen molar-refractivity contribution >= 4 is 39.0 Å². The molecule has 1 fully saturated rings. The van der Waals surface area contributed by atoms with Crippen LogP contribution in [0.5, 0.6) is 0 Å². The minimum atomic E-state index is -3.01. The molecule has 3 rings (SSSR count). The van der Waals surface area contributed by atoms with Crippen LogP contribution in [-0.4, -0.2) is 49.1 Å². The lowest BCUT2D eigenvalue weighted by Gasteiger charge is -2.23. The van der Waals surface area contributed by atoms with Crippen LogP contribution >= 0.6 is 11.6 Å². The fraction of sp³-hybridized carbons (Fsp3) is 0.312. The molecule has 1 aromatic heterocycles. The Morgan fingerprint density at radius 1 is 1.31 bits per heavy atom. The van der Waals surface area contributed by atoms with E-state index < -0.39 is 21.6 Å². The van der Waals surface area contributed by atoms with Crippen LogP contribution in [0.25, 0.3) is 0 Å². The van der Waals surface area contributed by atoms with Crippen molar-refractivity contribution in [1.29, 1.82) is 0 Å². The maximum atomic E-state index is 13.8. The van der Waals surface area contributed by atoms with Gasteiger partial charge in [0, 0.05) is 13.1 Å². The van der Waals surface area contributed by atoms with Crippen molar-refractivity contribution in [3.63, 3.8) is 0 Å². The summed E-state index contributed by atoms with van der Waals surface area (Å²) in [6, 6.07) is 6.92. The Labute approximate surface area is 155 Å². The number of carbonyl (C=O) groups excluding carboxylic acids is 1. The molecule has 2 aromatic rings. The number of amides is 1. The Hall–Kier alpha value is -2.26. The number of benzene rings is 1. The van der Waals surface area contributed by atoms with E-state index in [1.807, 2.05) is 0 Å². The second-order valence-electron chi connectivity index (χ2n) is 6.00. The summed E-state index contributed by atoms with van der Waals surface area (Å²) in [5, 5.41) is 10.3. The zero-order chi connectivity index (χ0) is 18.9. The largest absolute Gasteiger partial charge is 0.354 e. The first-order chi connectivity index (χ1) is 12.3. The molecule has 1 aromatic carbocycles. The van der Waals surface area contributed by atoms with E-state index in [1.54, 1.807) is 18.0 Å². The number of sulfone groups is 1. The summed E-state index contributed by atoms with van der Waals surface area (Å²) in [6.07, 6.45) is 0.533. The quantitative estimate of drug-likeness (QED) is 0.848. The van der Waals surface area contributed by atoms with Gasteiger partial charge in [0.25, 0.3) is 5.91 Å². The maximum Gasteiger partial charge on any atom is 0.261 e. The van der Waals surface area contributed by atoms with Gasteiger partial charge in [-0.05, 0) is 30.7 Å². The molecule has 138 valence electrons. The summed E-state index contributed by atoms with van der Waals surface area (Å²) in [7, 11) is -1.26. The predicted molar refractivity (Wildman–Crippen MR) is 96.9 cm³/mol. The first-order valence-corrected chi connectivity index (χ1v) is 9.99. The van der Waals surface area contributed by atoms with Crippen molar-refractivity contribution in [2.45, 2.75) is 12.5 Å². The molecule has 1 unspecified atom stereocenters. The monoisotopic (exact) mass is 398 g/mol. The van der Waals surface area contributed by atoms with Gasteiger partial charge in [-0.1, -0.05) is 17.7 Å². The van der Waals surface area contributed by atoms with Gasteiger partial charge in [-0.2, -0.15) is 0 Å². The number of nitrogens with one attached hydrogen (secondary N) is 1. The lowest BCUT2D eigenvalue weighted by atomic mass is 10.2. The number of hydrogen-bond acceptors (Lipinski definition) is 6. The average Bonchev–Trinajstić information content (AvgIpc) is 2.95. The van der Waals surface area contributed by atoms with Gasteiger partial charge in [0.2, 0.25) is 0 Å². The number of anilines is 2. The maximum absolute atomic E-state index is 13.8. The molecule has 1 aliphatic heterocycles. The molecule has 0 saturated carbocycles. The Morgan fingerprint density at radius 2 is 2.08 bits per heavy atom. The fourth-order valence-electron chi connectivity index (χ4n) is 2.74. The average molecular weight is 399 g/mol. The van der Waals surface area contributed by atoms with E-state index in [1.165, 1.54) is 18.2 Å². The minimum Gasteiger partial charge on any atom is -0.354 e. The summed E-state index contributed by atoms with van der Waals surface area (Å²) < 4.78 is 37.0. The molecule has 0 aliphatic carbocycles. The SMILES string of the molecule is CN(c1ccc(NC(=O)c2c(F)cccc2Cl)nn1)C1CCS(=O)(=O)C1. The summed E-state index contributed by atoms with van der Waals surface area (Å²) in [5.41, 5.74) is -0.270. The van der Waals surface area contributed by atoms with Gasteiger partial charge in [0.05, 0.1) is 22.1 Å². The first kappa shape index (κ1) is 18.5. The highest BCUT2D eigenvalue weighted by Gasteiger charge is 2.31. The Kier molecular flexibility index (Phi) is 5.10. The van der Waals surface area contributed by atoms with Crippen LogP contribution in [0.1, 0.15) is 16.8 Å². The molecule has 7 nitrogen and oxygen atoms in total. The lowest BCUT2D eigenvalue weighted by Crippen LogP contribution is -2.33. The van der Waals surface area contributed by atoms with Crippen molar-refractivity contribution in [3.8, 4) is 0 Å². The van der Waals surface area contributed by atoms with Crippen molar-refractivity contribution in [2.75, 3.05) is 28.8 Å². The third-order valence-electron chi connectivity index (χ3n) is 4.20. The highest BCUT2D eigenvalue weighted by atomic mass is 35.5. The van der Waals surface area contributed by atoms with Crippen LogP contribution in [0.4, 0.5) is 16.0 Å². The third-order valence-corrected chi connectivity index (χ3v) is 6.26. The molecule has 26 heavy (non-hydrogen) atoms. The van der Waals surface area contributed by atoms with E-state index in [4.69, 9.17) is 11.6 Å². The Bertz CT molecular complexity index is 917. The molecule has 1 aliphatic rings. The highest BCUT2D eigenvalue weighted by molar-refractivity contribution is 7.91. The Balaban J connectivity index is 1.71. The summed E-state index contributed by atoms with van der Waals surface area (Å²) in [4.78, 5) is 13.9. The number of rotatable bonds is 4. The van der Waals surface area contributed by atoms with Crippen LogP contribution < -0.4 is 10.2 Å². The fourth-order valence-corrected chi connectivity index (χ4v) is 4.76. The van der Waals surface area contributed by atoms with Crippen molar-refractivity contribution in [2.24, 2.45) is 0 Å². The van der Waals surface area contributed by atoms with Crippen LogP contribution in [0.3, 0.4) is 0 Å². The van der Waals surface area contributed by atoms with Crippen LogP contribution in [0, 0.1) is 5.82 Å². The molecule has 0 radical (unpaired) electrons. The number of halogens is 2. The van der Waals surface area contributed by atoms with E-state index in [9.17, 15) is 17.6 Å². The van der Waals surface area contributed by atoms with Gasteiger partial charge < -0.3 is 10.2 Å². The smallest absolute Gasteiger partial charge is 0.261 e. The molecule has 1 N–H and O–H groups in total. The van der Waals surface area contributed by atoms with Gasteiger partial charge in [-0.15, -0.1) is 10.2 Å². The summed E-state index contributed by atoms with van der Waals surface area (Å²) in [6.45, 7) is 0. The third kappa shape index (κ3) is 3.94. The second kappa shape index (κ2) is 7.16. The van der Waals surface area contributed by atoms with Gasteiger partial charge >= 0.3 is 0 Å². The van der Waals surface area contributed by atoms with Crippen LogP contribution in [0.15, 0.2) is 30.3 Å². The van der Waals surface area contributed by atoms with E-state index >= 15 is 0 Å². The van der Waals surface area contributed by atoms with Gasteiger partial charge in [0.1, 0.15) is 5.82 Å².